The number of carbonyl (C=O) groups excluding carboxylic acids is 2. The Morgan fingerprint density at radius 3 is 2.32 bits per heavy atom. The van der Waals surface area contributed by atoms with Crippen LogP contribution in [-0.4, -0.2) is 18.9 Å². The lowest BCUT2D eigenvalue weighted by Crippen LogP contribution is -2.08. The molecule has 1 unspecified atom stereocenters. The SMILES string of the molecule is COC(=O)c1ccc(C(=O)C(C)c2ccccc2)o1. The average molecular weight is 258 g/mol. The van der Waals surface area contributed by atoms with Crippen molar-refractivity contribution in [3.63, 3.8) is 0 Å². The second-order valence-electron chi connectivity index (χ2n) is 4.15. The van der Waals surface area contributed by atoms with Crippen LogP contribution in [0, 0.1) is 0 Å². The molecule has 0 aliphatic carbocycles. The van der Waals surface area contributed by atoms with Gasteiger partial charge in [-0.15, -0.1) is 0 Å². The predicted octanol–water partition coefficient (Wildman–Crippen LogP) is 3.05. The van der Waals surface area contributed by atoms with Gasteiger partial charge in [-0.25, -0.2) is 4.79 Å². The maximum atomic E-state index is 12.2. The van der Waals surface area contributed by atoms with Crippen LogP contribution in [0.4, 0.5) is 0 Å². The summed E-state index contributed by atoms with van der Waals surface area (Å²) in [5.41, 5.74) is 0.906. The molecule has 0 aliphatic heterocycles. The maximum absolute atomic E-state index is 12.2. The molecule has 0 saturated heterocycles. The van der Waals surface area contributed by atoms with Crippen molar-refractivity contribution in [3.05, 3.63) is 59.5 Å². The molecule has 1 heterocycles. The van der Waals surface area contributed by atoms with Gasteiger partial charge in [-0.3, -0.25) is 4.79 Å². The minimum Gasteiger partial charge on any atom is -0.463 e. The summed E-state index contributed by atoms with van der Waals surface area (Å²) < 4.78 is 9.75. The zero-order chi connectivity index (χ0) is 13.8. The molecule has 0 radical (unpaired) electrons. The lowest BCUT2D eigenvalue weighted by molar-refractivity contribution is 0.0563. The first kappa shape index (κ1) is 13.1. The highest BCUT2D eigenvalue weighted by Crippen LogP contribution is 2.21. The van der Waals surface area contributed by atoms with Gasteiger partial charge in [-0.2, -0.15) is 0 Å². The Morgan fingerprint density at radius 2 is 1.68 bits per heavy atom. The number of esters is 1. The van der Waals surface area contributed by atoms with Crippen molar-refractivity contribution < 1.29 is 18.7 Å². The Morgan fingerprint density at radius 1 is 1.05 bits per heavy atom. The molecule has 0 amide bonds. The van der Waals surface area contributed by atoms with Crippen LogP contribution in [0.25, 0.3) is 0 Å². The standard InChI is InChI=1S/C15H14O4/c1-10(11-6-4-3-5-7-11)14(16)12-8-9-13(19-12)15(17)18-2/h3-10H,1-2H3. The van der Waals surface area contributed by atoms with E-state index in [1.165, 1.54) is 19.2 Å². The molecular weight excluding hydrogens is 244 g/mol. The molecule has 1 aromatic heterocycles. The zero-order valence-electron chi connectivity index (χ0n) is 10.8. The number of benzene rings is 1. The fourth-order valence-electron chi connectivity index (χ4n) is 1.79. The topological polar surface area (TPSA) is 56.5 Å². The molecular formula is C15H14O4. The number of methoxy groups -OCH3 is 1. The smallest absolute Gasteiger partial charge is 0.373 e. The van der Waals surface area contributed by atoms with E-state index in [1.807, 2.05) is 30.3 Å². The van der Waals surface area contributed by atoms with Gasteiger partial charge in [-0.1, -0.05) is 37.3 Å². The van der Waals surface area contributed by atoms with Crippen molar-refractivity contribution in [1.29, 1.82) is 0 Å². The fourth-order valence-corrected chi connectivity index (χ4v) is 1.79. The lowest BCUT2D eigenvalue weighted by Gasteiger charge is -2.08. The molecule has 2 rings (SSSR count). The molecule has 0 aliphatic rings. The molecule has 1 aromatic carbocycles. The highest BCUT2D eigenvalue weighted by Gasteiger charge is 2.22. The van der Waals surface area contributed by atoms with Crippen molar-refractivity contribution in [1.82, 2.24) is 0 Å². The molecule has 0 fully saturated rings. The number of Topliss-reactive ketones (excluding diaryl/α,β-unsaturated/α-hetero) is 1. The molecule has 19 heavy (non-hydrogen) atoms. The van der Waals surface area contributed by atoms with Crippen molar-refractivity contribution in [3.8, 4) is 0 Å². The second kappa shape index (κ2) is 5.52. The van der Waals surface area contributed by atoms with Gasteiger partial charge >= 0.3 is 5.97 Å². The van der Waals surface area contributed by atoms with Crippen molar-refractivity contribution >= 4 is 11.8 Å². The Hall–Kier alpha value is -2.36. The van der Waals surface area contributed by atoms with Gasteiger partial charge in [-0.05, 0) is 17.7 Å². The number of ketones is 1. The summed E-state index contributed by atoms with van der Waals surface area (Å²) in [6.07, 6.45) is 0. The molecule has 2 aromatic rings. The first-order chi connectivity index (χ1) is 9.13. The Labute approximate surface area is 111 Å². The van der Waals surface area contributed by atoms with Crippen molar-refractivity contribution in [2.75, 3.05) is 7.11 Å². The van der Waals surface area contributed by atoms with Crippen LogP contribution in [-0.2, 0) is 4.74 Å². The summed E-state index contributed by atoms with van der Waals surface area (Å²) in [6, 6.07) is 12.3. The van der Waals surface area contributed by atoms with Crippen LogP contribution >= 0.6 is 0 Å². The molecule has 0 saturated carbocycles. The van der Waals surface area contributed by atoms with Gasteiger partial charge in [0.05, 0.1) is 7.11 Å². The van der Waals surface area contributed by atoms with E-state index >= 15 is 0 Å². The van der Waals surface area contributed by atoms with E-state index in [0.29, 0.717) is 0 Å². The number of rotatable bonds is 4. The van der Waals surface area contributed by atoms with Gasteiger partial charge in [0.2, 0.25) is 11.5 Å². The summed E-state index contributed by atoms with van der Waals surface area (Å²) in [5.74, 6) is -0.881. The summed E-state index contributed by atoms with van der Waals surface area (Å²) in [7, 11) is 1.26. The van der Waals surface area contributed by atoms with Gasteiger partial charge in [0.25, 0.3) is 0 Å². The third-order valence-corrected chi connectivity index (χ3v) is 2.93. The van der Waals surface area contributed by atoms with Crippen LogP contribution in [0.1, 0.15) is 39.5 Å². The molecule has 1 atom stereocenters. The maximum Gasteiger partial charge on any atom is 0.373 e. The number of hydrogen-bond acceptors (Lipinski definition) is 4. The van der Waals surface area contributed by atoms with Crippen molar-refractivity contribution in [2.24, 2.45) is 0 Å². The first-order valence-corrected chi connectivity index (χ1v) is 5.90. The number of hydrogen-bond donors (Lipinski definition) is 0. The summed E-state index contributed by atoms with van der Waals surface area (Å²) in [5, 5.41) is 0. The minimum atomic E-state index is -0.591. The van der Waals surface area contributed by atoms with Crippen LogP contribution in [0.5, 0.6) is 0 Å². The van der Waals surface area contributed by atoms with Crippen molar-refractivity contribution in [2.45, 2.75) is 12.8 Å². The fraction of sp³-hybridized carbons (Fsp3) is 0.200. The van der Waals surface area contributed by atoms with E-state index in [2.05, 4.69) is 4.74 Å². The molecule has 4 nitrogen and oxygen atoms in total. The predicted molar refractivity (Wildman–Crippen MR) is 69.2 cm³/mol. The lowest BCUT2D eigenvalue weighted by atomic mass is 9.95. The van der Waals surface area contributed by atoms with E-state index in [0.717, 1.165) is 5.56 Å². The molecule has 98 valence electrons. The highest BCUT2D eigenvalue weighted by atomic mass is 16.5. The largest absolute Gasteiger partial charge is 0.463 e. The van der Waals surface area contributed by atoms with Gasteiger partial charge in [0.15, 0.2) is 5.76 Å². The number of furan rings is 1. The van der Waals surface area contributed by atoms with E-state index in [-0.39, 0.29) is 23.2 Å². The number of carbonyl (C=O) groups is 2. The van der Waals surface area contributed by atoms with Gasteiger partial charge < -0.3 is 9.15 Å². The monoisotopic (exact) mass is 258 g/mol. The molecule has 0 N–H and O–H groups in total. The Bertz CT molecular complexity index is 583. The zero-order valence-corrected chi connectivity index (χ0v) is 10.8. The summed E-state index contributed by atoms with van der Waals surface area (Å²) >= 11 is 0. The van der Waals surface area contributed by atoms with E-state index in [4.69, 9.17) is 4.42 Å². The minimum absolute atomic E-state index is 0.0334. The third kappa shape index (κ3) is 2.73. The second-order valence-corrected chi connectivity index (χ2v) is 4.15. The quantitative estimate of drug-likeness (QED) is 0.624. The van der Waals surface area contributed by atoms with Crippen LogP contribution in [0.3, 0.4) is 0 Å². The van der Waals surface area contributed by atoms with Gasteiger partial charge in [0, 0.05) is 5.92 Å². The van der Waals surface area contributed by atoms with Crippen LogP contribution < -0.4 is 0 Å². The molecule has 0 spiro atoms. The summed E-state index contributed by atoms with van der Waals surface area (Å²) in [6.45, 7) is 1.80. The average Bonchev–Trinajstić information content (AvgIpc) is 2.95. The van der Waals surface area contributed by atoms with E-state index < -0.39 is 5.97 Å². The summed E-state index contributed by atoms with van der Waals surface area (Å²) in [4.78, 5) is 23.5. The Kier molecular flexibility index (Phi) is 3.80. The van der Waals surface area contributed by atoms with E-state index in [1.54, 1.807) is 6.92 Å². The molecule has 0 bridgehead atoms. The molecule has 4 heteroatoms. The third-order valence-electron chi connectivity index (χ3n) is 2.93. The first-order valence-electron chi connectivity index (χ1n) is 5.90. The van der Waals surface area contributed by atoms with E-state index in [9.17, 15) is 9.59 Å². The highest BCUT2D eigenvalue weighted by molar-refractivity contribution is 5.99. The number of ether oxygens (including phenoxy) is 1. The van der Waals surface area contributed by atoms with Gasteiger partial charge in [0.1, 0.15) is 0 Å². The van der Waals surface area contributed by atoms with Crippen LogP contribution in [0.15, 0.2) is 46.9 Å². The van der Waals surface area contributed by atoms with Crippen LogP contribution in [0.2, 0.25) is 0 Å². The Balaban J connectivity index is 2.20. The normalized spacial score (nSPS) is 11.9.